The lowest BCUT2D eigenvalue weighted by atomic mass is 9.85. The number of hydrogen-bond donors (Lipinski definition) is 0. The van der Waals surface area contributed by atoms with Crippen molar-refractivity contribution in [2.75, 3.05) is 0 Å². The fourth-order valence-electron chi connectivity index (χ4n) is 2.28. The van der Waals surface area contributed by atoms with Gasteiger partial charge < -0.3 is 0 Å². The molecule has 0 aromatic heterocycles. The van der Waals surface area contributed by atoms with Crippen LogP contribution in [0.4, 0.5) is 0 Å². The second-order valence-electron chi connectivity index (χ2n) is 4.47. The van der Waals surface area contributed by atoms with Crippen LogP contribution in [0.25, 0.3) is 0 Å². The maximum Gasteiger partial charge on any atom is -0.0241 e. The van der Waals surface area contributed by atoms with Gasteiger partial charge in [-0.15, -0.1) is 0 Å². The van der Waals surface area contributed by atoms with E-state index in [1.807, 2.05) is 5.92 Å². The number of hydrogen-bond acceptors (Lipinski definition) is 0. The second-order valence-corrected chi connectivity index (χ2v) is 4.47. The second kappa shape index (κ2) is 7.41. The van der Waals surface area contributed by atoms with Crippen LogP contribution in [0.2, 0.25) is 0 Å². The molecule has 0 aromatic rings. The first-order valence-corrected chi connectivity index (χ1v) is 6.27. The molecule has 0 N–H and O–H groups in total. The zero-order chi connectivity index (χ0) is 9.36. The third kappa shape index (κ3) is 5.33. The molecule has 77 valence electrons. The third-order valence-electron chi connectivity index (χ3n) is 3.19. The van der Waals surface area contributed by atoms with Crippen molar-refractivity contribution >= 4 is 0 Å². The van der Waals surface area contributed by atoms with Gasteiger partial charge >= 0.3 is 0 Å². The van der Waals surface area contributed by atoms with E-state index >= 15 is 0 Å². The summed E-state index contributed by atoms with van der Waals surface area (Å²) in [6.45, 7) is 2.29. The SMILES string of the molecule is CCCCCCC[C]1CCCCC1. The van der Waals surface area contributed by atoms with Crippen LogP contribution < -0.4 is 0 Å². The fourth-order valence-corrected chi connectivity index (χ4v) is 2.28. The minimum absolute atomic E-state index is 1.37. The van der Waals surface area contributed by atoms with Crippen molar-refractivity contribution in [3.63, 3.8) is 0 Å². The van der Waals surface area contributed by atoms with E-state index in [-0.39, 0.29) is 0 Å². The molecule has 0 atom stereocenters. The minimum Gasteiger partial charge on any atom is -0.0654 e. The van der Waals surface area contributed by atoms with E-state index < -0.39 is 0 Å². The smallest absolute Gasteiger partial charge is 0.0241 e. The molecule has 0 heterocycles. The van der Waals surface area contributed by atoms with E-state index in [2.05, 4.69) is 6.92 Å². The highest BCUT2D eigenvalue weighted by Crippen LogP contribution is 2.29. The summed E-state index contributed by atoms with van der Waals surface area (Å²) < 4.78 is 0. The Bertz CT molecular complexity index is 101. The normalized spacial score (nSPS) is 19.2. The van der Waals surface area contributed by atoms with Crippen molar-refractivity contribution in [2.24, 2.45) is 0 Å². The van der Waals surface area contributed by atoms with E-state index in [1.54, 1.807) is 0 Å². The van der Waals surface area contributed by atoms with Crippen molar-refractivity contribution in [3.8, 4) is 0 Å². The van der Waals surface area contributed by atoms with Gasteiger partial charge in [-0.3, -0.25) is 0 Å². The quantitative estimate of drug-likeness (QED) is 0.512. The third-order valence-corrected chi connectivity index (χ3v) is 3.19. The van der Waals surface area contributed by atoms with Gasteiger partial charge in [0.15, 0.2) is 0 Å². The van der Waals surface area contributed by atoms with Gasteiger partial charge in [0.1, 0.15) is 0 Å². The molecule has 1 fully saturated rings. The molecule has 1 aliphatic carbocycles. The zero-order valence-corrected chi connectivity index (χ0v) is 9.28. The van der Waals surface area contributed by atoms with E-state index in [4.69, 9.17) is 0 Å². The average Bonchev–Trinajstić information content (AvgIpc) is 2.19. The Kier molecular flexibility index (Phi) is 6.31. The highest BCUT2D eigenvalue weighted by atomic mass is 14.2. The lowest BCUT2D eigenvalue weighted by Gasteiger charge is -2.20. The van der Waals surface area contributed by atoms with Crippen LogP contribution in [0.5, 0.6) is 0 Å². The minimum atomic E-state index is 1.37. The first-order chi connectivity index (χ1) is 6.43. The number of rotatable bonds is 6. The molecule has 0 saturated heterocycles. The molecular weight excluding hydrogens is 156 g/mol. The van der Waals surface area contributed by atoms with Crippen LogP contribution in [-0.4, -0.2) is 0 Å². The number of unbranched alkanes of at least 4 members (excludes halogenated alkanes) is 4. The van der Waals surface area contributed by atoms with Crippen molar-refractivity contribution in [3.05, 3.63) is 5.92 Å². The van der Waals surface area contributed by atoms with Crippen LogP contribution in [-0.2, 0) is 0 Å². The molecule has 0 aromatic carbocycles. The molecule has 13 heavy (non-hydrogen) atoms. The first kappa shape index (κ1) is 11.1. The molecule has 0 bridgehead atoms. The largest absolute Gasteiger partial charge is 0.0654 e. The maximum absolute atomic E-state index is 2.29. The Morgan fingerprint density at radius 2 is 1.54 bits per heavy atom. The van der Waals surface area contributed by atoms with E-state index in [0.29, 0.717) is 0 Å². The van der Waals surface area contributed by atoms with E-state index in [0.717, 1.165) is 0 Å². The van der Waals surface area contributed by atoms with Crippen molar-refractivity contribution < 1.29 is 0 Å². The topological polar surface area (TPSA) is 0 Å². The Morgan fingerprint density at radius 1 is 0.846 bits per heavy atom. The van der Waals surface area contributed by atoms with Crippen molar-refractivity contribution in [1.82, 2.24) is 0 Å². The molecule has 0 unspecified atom stereocenters. The molecule has 0 spiro atoms. The molecule has 1 saturated carbocycles. The molecule has 1 aliphatic rings. The summed E-state index contributed by atoms with van der Waals surface area (Å²) >= 11 is 0. The van der Waals surface area contributed by atoms with Gasteiger partial charge in [-0.25, -0.2) is 0 Å². The summed E-state index contributed by atoms with van der Waals surface area (Å²) in [5, 5.41) is 0. The standard InChI is InChI=1S/C13H25/c1-2-3-4-5-7-10-13-11-8-6-9-12-13/h2-12H2,1H3. The first-order valence-electron chi connectivity index (χ1n) is 6.27. The van der Waals surface area contributed by atoms with Crippen LogP contribution in [0, 0.1) is 5.92 Å². The predicted octanol–water partition coefficient (Wildman–Crippen LogP) is 4.89. The molecule has 1 radical (unpaired) electrons. The fraction of sp³-hybridized carbons (Fsp3) is 0.923. The summed E-state index contributed by atoms with van der Waals surface area (Å²) in [4.78, 5) is 0. The Hall–Kier alpha value is 0. The van der Waals surface area contributed by atoms with Gasteiger partial charge in [-0.1, -0.05) is 58.3 Å². The molecule has 0 aliphatic heterocycles. The molecule has 0 heteroatoms. The Labute approximate surface area is 84.1 Å². The van der Waals surface area contributed by atoms with Crippen LogP contribution in [0.15, 0.2) is 0 Å². The van der Waals surface area contributed by atoms with Crippen LogP contribution in [0.1, 0.15) is 77.6 Å². The Morgan fingerprint density at radius 3 is 2.23 bits per heavy atom. The summed E-state index contributed by atoms with van der Waals surface area (Å²) in [5.41, 5.74) is 0. The van der Waals surface area contributed by atoms with Crippen LogP contribution >= 0.6 is 0 Å². The van der Waals surface area contributed by atoms with Gasteiger partial charge in [0.2, 0.25) is 0 Å². The Balaban J connectivity index is 1.86. The van der Waals surface area contributed by atoms with Crippen molar-refractivity contribution in [2.45, 2.75) is 77.6 Å². The van der Waals surface area contributed by atoms with E-state index in [9.17, 15) is 0 Å². The van der Waals surface area contributed by atoms with Gasteiger partial charge in [0.25, 0.3) is 0 Å². The molecule has 0 nitrogen and oxygen atoms in total. The lowest BCUT2D eigenvalue weighted by molar-refractivity contribution is 0.487. The van der Waals surface area contributed by atoms with Gasteiger partial charge in [0.05, 0.1) is 0 Å². The maximum atomic E-state index is 2.29. The summed E-state index contributed by atoms with van der Waals surface area (Å²) in [6, 6.07) is 0. The predicted molar refractivity (Wildman–Crippen MR) is 59.7 cm³/mol. The monoisotopic (exact) mass is 181 g/mol. The molecular formula is C13H25. The average molecular weight is 181 g/mol. The summed E-state index contributed by atoms with van der Waals surface area (Å²) in [7, 11) is 0. The zero-order valence-electron chi connectivity index (χ0n) is 9.28. The van der Waals surface area contributed by atoms with Gasteiger partial charge in [-0.2, -0.15) is 0 Å². The molecule has 1 rings (SSSR count). The molecule has 0 amide bonds. The van der Waals surface area contributed by atoms with E-state index in [1.165, 1.54) is 70.6 Å². The summed E-state index contributed by atoms with van der Waals surface area (Å²) in [6.07, 6.45) is 16.0. The van der Waals surface area contributed by atoms with Crippen molar-refractivity contribution in [1.29, 1.82) is 0 Å². The van der Waals surface area contributed by atoms with Crippen LogP contribution in [0.3, 0.4) is 0 Å². The van der Waals surface area contributed by atoms with Gasteiger partial charge in [-0.05, 0) is 25.2 Å². The lowest BCUT2D eigenvalue weighted by Crippen LogP contribution is -2.03. The highest BCUT2D eigenvalue weighted by Gasteiger charge is 2.12. The highest BCUT2D eigenvalue weighted by molar-refractivity contribution is 4.91. The van der Waals surface area contributed by atoms with Gasteiger partial charge in [0, 0.05) is 0 Å². The summed E-state index contributed by atoms with van der Waals surface area (Å²) in [5.74, 6) is 1.88.